The summed E-state index contributed by atoms with van der Waals surface area (Å²) in [5.74, 6) is -1.49. The Balaban J connectivity index is 1.48. The van der Waals surface area contributed by atoms with Crippen molar-refractivity contribution in [2.45, 2.75) is 0 Å². The molecule has 1 aliphatic heterocycles. The lowest BCUT2D eigenvalue weighted by molar-refractivity contribution is 0.0696. The van der Waals surface area contributed by atoms with Gasteiger partial charge >= 0.3 is 5.97 Å². The lowest BCUT2D eigenvalue weighted by Crippen LogP contribution is -2.47. The number of pyridine rings is 1. The molecule has 32 heavy (non-hydrogen) atoms. The van der Waals surface area contributed by atoms with Crippen LogP contribution < -0.4 is 15.1 Å². The number of aromatic nitrogens is 1. The Bertz CT molecular complexity index is 1150. The lowest BCUT2D eigenvalue weighted by atomic mass is 10.1. The van der Waals surface area contributed by atoms with E-state index < -0.39 is 11.9 Å². The van der Waals surface area contributed by atoms with Crippen LogP contribution in [0.2, 0.25) is 5.02 Å². The first-order valence-corrected chi connectivity index (χ1v) is 10.3. The molecule has 0 aliphatic carbocycles. The summed E-state index contributed by atoms with van der Waals surface area (Å²) in [5.41, 5.74) is 1.55. The van der Waals surface area contributed by atoms with Crippen molar-refractivity contribution < 1.29 is 19.1 Å². The number of rotatable bonds is 5. The Morgan fingerprint density at radius 3 is 2.34 bits per heavy atom. The number of nitrogens with one attached hydrogen (secondary N) is 1. The van der Waals surface area contributed by atoms with Crippen LogP contribution in [0, 0.1) is 5.82 Å². The number of carbonyl (C=O) groups excluding carboxylic acids is 1. The van der Waals surface area contributed by atoms with Crippen LogP contribution >= 0.6 is 11.6 Å². The zero-order valence-corrected chi connectivity index (χ0v) is 17.7. The Morgan fingerprint density at radius 2 is 1.69 bits per heavy atom. The molecule has 1 saturated heterocycles. The fourth-order valence-corrected chi connectivity index (χ4v) is 3.79. The number of piperazine rings is 1. The van der Waals surface area contributed by atoms with Crippen LogP contribution in [0.15, 0.2) is 60.8 Å². The third-order valence-electron chi connectivity index (χ3n) is 5.21. The molecule has 0 atom stereocenters. The van der Waals surface area contributed by atoms with Gasteiger partial charge in [-0.3, -0.25) is 4.79 Å². The molecule has 3 aromatic rings. The molecule has 7 nitrogen and oxygen atoms in total. The quantitative estimate of drug-likeness (QED) is 0.602. The van der Waals surface area contributed by atoms with Gasteiger partial charge in [0.25, 0.3) is 5.91 Å². The number of carboxylic acids is 1. The van der Waals surface area contributed by atoms with Gasteiger partial charge in [-0.05, 0) is 48.5 Å². The predicted molar refractivity (Wildman–Crippen MR) is 121 cm³/mol. The van der Waals surface area contributed by atoms with Crippen LogP contribution in [0.4, 0.5) is 21.6 Å². The summed E-state index contributed by atoms with van der Waals surface area (Å²) < 4.78 is 13.2. The molecule has 0 radical (unpaired) electrons. The van der Waals surface area contributed by atoms with E-state index in [2.05, 4.69) is 15.2 Å². The summed E-state index contributed by atoms with van der Waals surface area (Å²) in [6, 6.07) is 14.1. The fourth-order valence-electron chi connectivity index (χ4n) is 3.60. The van der Waals surface area contributed by atoms with Gasteiger partial charge < -0.3 is 20.2 Å². The van der Waals surface area contributed by atoms with Gasteiger partial charge in [0.2, 0.25) is 0 Å². The van der Waals surface area contributed by atoms with E-state index >= 15 is 0 Å². The number of amides is 1. The number of benzene rings is 2. The summed E-state index contributed by atoms with van der Waals surface area (Å²) in [6.07, 6.45) is 1.44. The van der Waals surface area contributed by atoms with E-state index in [4.69, 9.17) is 11.6 Å². The topological polar surface area (TPSA) is 85.8 Å². The standard InChI is InChI=1S/C23H20ClFN4O3/c24-16-3-1-2-15(12-16)22(30)27-18-13-20(23(31)32)21(26-14-18)29-10-8-28(9-11-29)19-6-4-17(25)5-7-19/h1-7,12-14H,8-11H2,(H,27,30)(H,31,32). The fraction of sp³-hybridized carbons (Fsp3) is 0.174. The zero-order chi connectivity index (χ0) is 22.7. The van der Waals surface area contributed by atoms with Crippen LogP contribution in [0.1, 0.15) is 20.7 Å². The second-order valence-electron chi connectivity index (χ2n) is 7.32. The Labute approximate surface area is 189 Å². The molecule has 4 rings (SSSR count). The van der Waals surface area contributed by atoms with E-state index in [9.17, 15) is 19.1 Å². The summed E-state index contributed by atoms with van der Waals surface area (Å²) in [6.45, 7) is 2.39. The molecule has 9 heteroatoms. The molecule has 2 N–H and O–H groups in total. The van der Waals surface area contributed by atoms with E-state index in [1.54, 1.807) is 30.3 Å². The maximum atomic E-state index is 13.2. The Kier molecular flexibility index (Phi) is 6.23. The number of carbonyl (C=O) groups is 2. The molecule has 1 aromatic heterocycles. The maximum absolute atomic E-state index is 13.2. The minimum absolute atomic E-state index is 0.00382. The molecule has 164 valence electrons. The van der Waals surface area contributed by atoms with Crippen molar-refractivity contribution >= 4 is 40.7 Å². The molecule has 2 aromatic carbocycles. The molecule has 0 unspecified atom stereocenters. The van der Waals surface area contributed by atoms with Crippen LogP contribution in [-0.4, -0.2) is 48.1 Å². The zero-order valence-electron chi connectivity index (χ0n) is 17.0. The normalized spacial score (nSPS) is 13.7. The molecule has 1 aliphatic rings. The highest BCUT2D eigenvalue weighted by Crippen LogP contribution is 2.25. The van der Waals surface area contributed by atoms with Gasteiger partial charge in [-0.2, -0.15) is 0 Å². The number of anilines is 3. The molecule has 0 bridgehead atoms. The van der Waals surface area contributed by atoms with Gasteiger partial charge in [-0.15, -0.1) is 0 Å². The number of aromatic carboxylic acids is 1. The van der Waals surface area contributed by atoms with Crippen molar-refractivity contribution in [1.29, 1.82) is 0 Å². The first-order chi connectivity index (χ1) is 15.4. The largest absolute Gasteiger partial charge is 0.478 e. The van der Waals surface area contributed by atoms with Crippen molar-refractivity contribution in [2.75, 3.05) is 41.3 Å². The van der Waals surface area contributed by atoms with Crippen LogP contribution in [0.5, 0.6) is 0 Å². The van der Waals surface area contributed by atoms with Crippen molar-refractivity contribution in [3.8, 4) is 0 Å². The first-order valence-electron chi connectivity index (χ1n) is 9.96. The number of nitrogens with zero attached hydrogens (tertiary/aromatic N) is 3. The SMILES string of the molecule is O=C(Nc1cnc(N2CCN(c3ccc(F)cc3)CC2)c(C(=O)O)c1)c1cccc(Cl)c1. The third kappa shape index (κ3) is 4.81. The minimum Gasteiger partial charge on any atom is -0.478 e. The van der Waals surface area contributed by atoms with E-state index in [1.165, 1.54) is 30.5 Å². The van der Waals surface area contributed by atoms with E-state index in [-0.39, 0.29) is 17.1 Å². The molecule has 0 saturated carbocycles. The van der Waals surface area contributed by atoms with Gasteiger partial charge in [0.05, 0.1) is 11.9 Å². The maximum Gasteiger partial charge on any atom is 0.339 e. The Hall–Kier alpha value is -3.65. The monoisotopic (exact) mass is 454 g/mol. The minimum atomic E-state index is -1.13. The van der Waals surface area contributed by atoms with Gasteiger partial charge in [0.15, 0.2) is 0 Å². The molecular formula is C23H20ClFN4O3. The third-order valence-corrected chi connectivity index (χ3v) is 5.45. The van der Waals surface area contributed by atoms with Gasteiger partial charge in [0.1, 0.15) is 17.2 Å². The number of hydrogen-bond donors (Lipinski definition) is 2. The van der Waals surface area contributed by atoms with Crippen molar-refractivity contribution in [3.05, 3.63) is 82.8 Å². The van der Waals surface area contributed by atoms with E-state index in [0.717, 1.165) is 5.69 Å². The summed E-state index contributed by atoms with van der Waals surface area (Å²) in [7, 11) is 0. The summed E-state index contributed by atoms with van der Waals surface area (Å²) in [5, 5.41) is 12.8. The van der Waals surface area contributed by atoms with Crippen molar-refractivity contribution in [1.82, 2.24) is 4.98 Å². The van der Waals surface area contributed by atoms with Crippen LogP contribution in [0.3, 0.4) is 0 Å². The highest BCUT2D eigenvalue weighted by Gasteiger charge is 2.23. The first kappa shape index (κ1) is 21.6. The molecular weight excluding hydrogens is 435 g/mol. The summed E-state index contributed by atoms with van der Waals surface area (Å²) in [4.78, 5) is 32.7. The van der Waals surface area contributed by atoms with Crippen LogP contribution in [0.25, 0.3) is 0 Å². The molecule has 1 amide bonds. The predicted octanol–water partition coefficient (Wildman–Crippen LogP) is 4.15. The van der Waals surface area contributed by atoms with Gasteiger partial charge in [0, 0.05) is 42.5 Å². The highest BCUT2D eigenvalue weighted by molar-refractivity contribution is 6.31. The number of hydrogen-bond acceptors (Lipinski definition) is 5. The molecule has 2 heterocycles. The van der Waals surface area contributed by atoms with Crippen molar-refractivity contribution in [2.24, 2.45) is 0 Å². The number of carboxylic acid groups (broad SMARTS) is 1. The van der Waals surface area contributed by atoms with Gasteiger partial charge in [-0.1, -0.05) is 17.7 Å². The average Bonchev–Trinajstić information content (AvgIpc) is 2.80. The van der Waals surface area contributed by atoms with Crippen LogP contribution in [-0.2, 0) is 0 Å². The summed E-state index contributed by atoms with van der Waals surface area (Å²) >= 11 is 5.93. The van der Waals surface area contributed by atoms with Gasteiger partial charge in [-0.25, -0.2) is 14.2 Å². The average molecular weight is 455 g/mol. The second kappa shape index (κ2) is 9.23. The second-order valence-corrected chi connectivity index (χ2v) is 7.75. The smallest absolute Gasteiger partial charge is 0.339 e. The molecule has 1 fully saturated rings. The molecule has 0 spiro atoms. The van der Waals surface area contributed by atoms with Crippen molar-refractivity contribution in [3.63, 3.8) is 0 Å². The highest BCUT2D eigenvalue weighted by atomic mass is 35.5. The number of halogens is 2. The van der Waals surface area contributed by atoms with E-state index in [0.29, 0.717) is 42.6 Å². The Morgan fingerprint density at radius 1 is 1.00 bits per heavy atom. The lowest BCUT2D eigenvalue weighted by Gasteiger charge is -2.37. The van der Waals surface area contributed by atoms with E-state index in [1.807, 2.05) is 4.90 Å².